The molecule has 0 aliphatic rings. The lowest BCUT2D eigenvalue weighted by molar-refractivity contribution is 0.269. The van der Waals surface area contributed by atoms with Gasteiger partial charge in [0.15, 0.2) is 0 Å². The fourth-order valence-electron chi connectivity index (χ4n) is 1.83. The van der Waals surface area contributed by atoms with E-state index in [9.17, 15) is 10.2 Å². The third kappa shape index (κ3) is 3.25. The zero-order valence-electron chi connectivity index (χ0n) is 10.9. The predicted octanol–water partition coefficient (Wildman–Crippen LogP) is 2.53. The number of nitrogens with zero attached hydrogens (tertiary/aromatic N) is 1. The van der Waals surface area contributed by atoms with E-state index in [-0.39, 0.29) is 18.4 Å². The van der Waals surface area contributed by atoms with Gasteiger partial charge in [-0.3, -0.25) is 4.99 Å². The second-order valence-corrected chi connectivity index (χ2v) is 4.31. The van der Waals surface area contributed by atoms with Gasteiger partial charge in [0.05, 0.1) is 12.6 Å². The molecule has 2 aromatic rings. The van der Waals surface area contributed by atoms with Crippen LogP contribution in [0.3, 0.4) is 0 Å². The number of aliphatic hydroxyl groups excluding tert-OH is 1. The van der Waals surface area contributed by atoms with Crippen LogP contribution in [0.15, 0.2) is 53.5 Å². The molecule has 0 aliphatic heterocycles. The minimum Gasteiger partial charge on any atom is -0.507 e. The minimum atomic E-state index is -0.356. The molecule has 20 heavy (non-hydrogen) atoms. The maximum atomic E-state index is 9.76. The molecule has 0 spiro atoms. The van der Waals surface area contributed by atoms with Crippen LogP contribution in [-0.4, -0.2) is 23.0 Å². The van der Waals surface area contributed by atoms with Gasteiger partial charge in [0.1, 0.15) is 5.75 Å². The van der Waals surface area contributed by atoms with Gasteiger partial charge in [-0.05, 0) is 23.8 Å². The van der Waals surface area contributed by atoms with Gasteiger partial charge in [-0.25, -0.2) is 0 Å². The maximum Gasteiger partial charge on any atom is 0.124 e. The number of aliphatic hydroxyl groups is 1. The average molecular weight is 265 g/mol. The Morgan fingerprint density at radius 2 is 1.95 bits per heavy atom. The number of hydrogen-bond donors (Lipinski definition) is 2. The summed E-state index contributed by atoms with van der Waals surface area (Å²) in [5, 5.41) is 19.2. The van der Waals surface area contributed by atoms with Crippen LogP contribution in [0.4, 0.5) is 0 Å². The molecule has 0 heterocycles. The number of phenols is 1. The Labute approximate surface area is 118 Å². The van der Waals surface area contributed by atoms with E-state index in [0.29, 0.717) is 11.1 Å². The first-order chi connectivity index (χ1) is 9.74. The number of phenolic OH excluding ortho intramolecular Hbond substituents is 1. The summed E-state index contributed by atoms with van der Waals surface area (Å²) in [5.41, 5.74) is 2.12. The number of hydrogen-bond acceptors (Lipinski definition) is 3. The predicted molar refractivity (Wildman–Crippen MR) is 79.9 cm³/mol. The molecule has 2 N–H and O–H groups in total. The Kier molecular flexibility index (Phi) is 4.54. The lowest BCUT2D eigenvalue weighted by Gasteiger charge is -2.09. The molecule has 0 bridgehead atoms. The number of rotatable bonds is 4. The van der Waals surface area contributed by atoms with Crippen LogP contribution in [-0.2, 0) is 0 Å². The van der Waals surface area contributed by atoms with E-state index in [1.54, 1.807) is 12.1 Å². The van der Waals surface area contributed by atoms with Gasteiger partial charge in [0, 0.05) is 17.3 Å². The van der Waals surface area contributed by atoms with Gasteiger partial charge in [0.2, 0.25) is 0 Å². The maximum absolute atomic E-state index is 9.76. The summed E-state index contributed by atoms with van der Waals surface area (Å²) in [7, 11) is 0. The monoisotopic (exact) mass is 265 g/mol. The van der Waals surface area contributed by atoms with Crippen LogP contribution in [0.2, 0.25) is 0 Å². The van der Waals surface area contributed by atoms with Crippen LogP contribution in [0.5, 0.6) is 5.75 Å². The summed E-state index contributed by atoms with van der Waals surface area (Å²) < 4.78 is 0. The van der Waals surface area contributed by atoms with Gasteiger partial charge in [0.25, 0.3) is 0 Å². The third-order valence-electron chi connectivity index (χ3n) is 2.95. The summed E-state index contributed by atoms with van der Waals surface area (Å²) in [6, 6.07) is 14.0. The molecule has 0 radical (unpaired) electrons. The van der Waals surface area contributed by atoms with Crippen molar-refractivity contribution in [2.24, 2.45) is 4.99 Å². The first-order valence-electron chi connectivity index (χ1n) is 6.23. The van der Waals surface area contributed by atoms with Crippen molar-refractivity contribution in [1.29, 1.82) is 0 Å². The first kappa shape index (κ1) is 13.9. The molecule has 0 unspecified atom stereocenters. The number of terminal acetylenes is 1. The van der Waals surface area contributed by atoms with Crippen molar-refractivity contribution >= 4 is 6.21 Å². The SMILES string of the molecule is C#Cc1ccc(O)c(C=N[C@@H](CO)c2ccccc2)c1. The summed E-state index contributed by atoms with van der Waals surface area (Å²) in [5.74, 6) is 2.61. The van der Waals surface area contributed by atoms with Gasteiger partial charge in [-0.15, -0.1) is 6.42 Å². The second-order valence-electron chi connectivity index (χ2n) is 4.31. The van der Waals surface area contributed by atoms with Crippen LogP contribution >= 0.6 is 0 Å². The molecule has 3 nitrogen and oxygen atoms in total. The van der Waals surface area contributed by atoms with E-state index < -0.39 is 0 Å². The van der Waals surface area contributed by atoms with Crippen molar-refractivity contribution in [2.75, 3.05) is 6.61 Å². The fraction of sp³-hybridized carbons (Fsp3) is 0.118. The fourth-order valence-corrected chi connectivity index (χ4v) is 1.83. The van der Waals surface area contributed by atoms with Gasteiger partial charge in [-0.1, -0.05) is 36.3 Å². The Hall–Kier alpha value is -2.57. The second kappa shape index (κ2) is 6.55. The average Bonchev–Trinajstić information content (AvgIpc) is 2.50. The van der Waals surface area contributed by atoms with Crippen molar-refractivity contribution in [3.05, 3.63) is 65.2 Å². The highest BCUT2D eigenvalue weighted by molar-refractivity contribution is 5.84. The molecule has 0 aromatic heterocycles. The summed E-state index contributed by atoms with van der Waals surface area (Å²) in [4.78, 5) is 4.32. The quantitative estimate of drug-likeness (QED) is 0.659. The molecule has 0 fully saturated rings. The standard InChI is InChI=1S/C17H15NO2/c1-2-13-8-9-17(20)15(10-13)11-18-16(12-19)14-6-4-3-5-7-14/h1,3-11,16,19-20H,12H2/t16-/m0/s1. The highest BCUT2D eigenvalue weighted by Gasteiger charge is 2.07. The van der Waals surface area contributed by atoms with Gasteiger partial charge in [-0.2, -0.15) is 0 Å². The summed E-state index contributed by atoms with van der Waals surface area (Å²) in [6.07, 6.45) is 6.86. The van der Waals surface area contributed by atoms with E-state index >= 15 is 0 Å². The molecular weight excluding hydrogens is 250 g/mol. The molecule has 2 rings (SSSR count). The number of benzene rings is 2. The minimum absolute atomic E-state index is 0.101. The van der Waals surface area contributed by atoms with Gasteiger partial charge < -0.3 is 10.2 Å². The zero-order chi connectivity index (χ0) is 14.4. The summed E-state index contributed by atoms with van der Waals surface area (Å²) >= 11 is 0. The van der Waals surface area contributed by atoms with Crippen molar-refractivity contribution in [1.82, 2.24) is 0 Å². The number of aliphatic imine (C=N–C) groups is 1. The van der Waals surface area contributed by atoms with E-state index in [1.807, 2.05) is 30.3 Å². The highest BCUT2D eigenvalue weighted by atomic mass is 16.3. The van der Waals surface area contributed by atoms with Crippen LogP contribution in [0, 0.1) is 12.3 Å². The lowest BCUT2D eigenvalue weighted by atomic mass is 10.1. The van der Waals surface area contributed by atoms with E-state index in [2.05, 4.69) is 10.9 Å². The Morgan fingerprint density at radius 1 is 1.20 bits per heavy atom. The molecule has 1 atom stereocenters. The van der Waals surface area contributed by atoms with Crippen LogP contribution in [0.25, 0.3) is 0 Å². The Balaban J connectivity index is 2.26. The molecule has 2 aromatic carbocycles. The smallest absolute Gasteiger partial charge is 0.124 e. The van der Waals surface area contributed by atoms with E-state index in [0.717, 1.165) is 5.56 Å². The molecular formula is C17H15NO2. The Bertz CT molecular complexity index is 642. The lowest BCUT2D eigenvalue weighted by Crippen LogP contribution is -2.01. The zero-order valence-corrected chi connectivity index (χ0v) is 10.9. The van der Waals surface area contributed by atoms with Crippen molar-refractivity contribution in [3.8, 4) is 18.1 Å². The Morgan fingerprint density at radius 3 is 2.60 bits per heavy atom. The topological polar surface area (TPSA) is 52.8 Å². The van der Waals surface area contributed by atoms with Crippen LogP contribution < -0.4 is 0 Å². The summed E-state index contributed by atoms with van der Waals surface area (Å²) in [6.45, 7) is -0.101. The van der Waals surface area contributed by atoms with Crippen molar-refractivity contribution < 1.29 is 10.2 Å². The van der Waals surface area contributed by atoms with Crippen LogP contribution in [0.1, 0.15) is 22.7 Å². The third-order valence-corrected chi connectivity index (χ3v) is 2.95. The van der Waals surface area contributed by atoms with E-state index in [1.165, 1.54) is 12.3 Å². The van der Waals surface area contributed by atoms with E-state index in [4.69, 9.17) is 6.42 Å². The van der Waals surface area contributed by atoms with Crippen molar-refractivity contribution in [3.63, 3.8) is 0 Å². The molecule has 100 valence electrons. The highest BCUT2D eigenvalue weighted by Crippen LogP contribution is 2.19. The molecule has 0 saturated carbocycles. The molecule has 3 heteroatoms. The normalized spacial score (nSPS) is 12.2. The van der Waals surface area contributed by atoms with Crippen molar-refractivity contribution in [2.45, 2.75) is 6.04 Å². The largest absolute Gasteiger partial charge is 0.507 e. The molecule has 0 aliphatic carbocycles. The number of aromatic hydroxyl groups is 1. The molecule has 0 amide bonds. The van der Waals surface area contributed by atoms with Gasteiger partial charge >= 0.3 is 0 Å². The first-order valence-corrected chi connectivity index (χ1v) is 6.23. The molecule has 0 saturated heterocycles.